The van der Waals surface area contributed by atoms with Gasteiger partial charge in [0.15, 0.2) is 0 Å². The summed E-state index contributed by atoms with van der Waals surface area (Å²) in [4.78, 5) is 3.10. The summed E-state index contributed by atoms with van der Waals surface area (Å²) >= 11 is 1.97. The summed E-state index contributed by atoms with van der Waals surface area (Å²) in [5, 5.41) is 0. The zero-order valence-corrected chi connectivity index (χ0v) is 13.9. The third-order valence-corrected chi connectivity index (χ3v) is 5.32. The second-order valence-corrected chi connectivity index (χ2v) is 7.18. The molecule has 0 spiro atoms. The van der Waals surface area contributed by atoms with Crippen molar-refractivity contribution in [3.05, 3.63) is 23.8 Å². The fraction of sp³-hybridized carbons (Fsp3) is 0.684. The molecule has 0 nitrogen and oxygen atoms in total. The van der Waals surface area contributed by atoms with E-state index in [2.05, 4.69) is 25.1 Å². The molecule has 0 saturated heterocycles. The number of fused-ring (bicyclic) bond motifs is 1. The Balaban J connectivity index is 1.37. The van der Waals surface area contributed by atoms with Crippen LogP contribution in [0.25, 0.3) is 0 Å². The molecule has 0 saturated carbocycles. The van der Waals surface area contributed by atoms with E-state index in [1.54, 1.807) is 10.5 Å². The molecule has 0 fully saturated rings. The fourth-order valence-electron chi connectivity index (χ4n) is 2.92. The van der Waals surface area contributed by atoms with E-state index in [0.29, 0.717) is 0 Å². The molecule has 2 rings (SSSR count). The maximum atomic E-state index is 2.31. The third-order valence-electron chi connectivity index (χ3n) is 4.28. The molecule has 0 unspecified atom stereocenters. The Hall–Kier alpha value is -0.430. The zero-order chi connectivity index (χ0) is 14.0. The standard InChI is InChI=1S/C19H30S/c1-2-3-4-5-6-7-8-9-10-11-12-14-17-15-13-16-18-19(17)20-18/h13,15-16H,2-12,14H2,1H3. The van der Waals surface area contributed by atoms with Gasteiger partial charge in [-0.05, 0) is 24.5 Å². The highest BCUT2D eigenvalue weighted by atomic mass is 32.2. The van der Waals surface area contributed by atoms with Gasteiger partial charge >= 0.3 is 0 Å². The smallest absolute Gasteiger partial charge is 0.0294 e. The highest BCUT2D eigenvalue weighted by Crippen LogP contribution is 2.50. The van der Waals surface area contributed by atoms with Gasteiger partial charge in [-0.1, -0.05) is 95.0 Å². The van der Waals surface area contributed by atoms with Crippen LogP contribution in [-0.4, -0.2) is 0 Å². The minimum absolute atomic E-state index is 1.30. The van der Waals surface area contributed by atoms with Gasteiger partial charge < -0.3 is 0 Å². The first-order chi connectivity index (χ1) is 9.92. The van der Waals surface area contributed by atoms with Crippen molar-refractivity contribution in [3.8, 4) is 0 Å². The van der Waals surface area contributed by atoms with E-state index in [0.717, 1.165) is 0 Å². The van der Waals surface area contributed by atoms with Crippen molar-refractivity contribution in [2.45, 2.75) is 93.8 Å². The number of hydrogen-bond acceptors (Lipinski definition) is 1. The van der Waals surface area contributed by atoms with Crippen molar-refractivity contribution in [2.75, 3.05) is 0 Å². The van der Waals surface area contributed by atoms with Gasteiger partial charge in [0, 0.05) is 9.79 Å². The van der Waals surface area contributed by atoms with Crippen LogP contribution in [-0.2, 0) is 6.42 Å². The van der Waals surface area contributed by atoms with Crippen molar-refractivity contribution in [3.63, 3.8) is 0 Å². The van der Waals surface area contributed by atoms with Gasteiger partial charge in [0.05, 0.1) is 0 Å². The second-order valence-electron chi connectivity index (χ2n) is 6.13. The topological polar surface area (TPSA) is 0 Å². The largest absolute Gasteiger partial charge is 0.0874 e. The molecule has 0 aromatic heterocycles. The highest BCUT2D eigenvalue weighted by Gasteiger charge is 2.20. The average molecular weight is 291 g/mol. The van der Waals surface area contributed by atoms with Gasteiger partial charge in [-0.15, -0.1) is 0 Å². The highest BCUT2D eigenvalue weighted by molar-refractivity contribution is 8.05. The third kappa shape index (κ3) is 5.91. The van der Waals surface area contributed by atoms with Gasteiger partial charge in [0.25, 0.3) is 0 Å². The van der Waals surface area contributed by atoms with Crippen LogP contribution in [0.5, 0.6) is 0 Å². The number of rotatable bonds is 12. The van der Waals surface area contributed by atoms with Crippen molar-refractivity contribution in [1.82, 2.24) is 0 Å². The van der Waals surface area contributed by atoms with E-state index in [9.17, 15) is 0 Å². The van der Waals surface area contributed by atoms with E-state index in [4.69, 9.17) is 0 Å². The molecule has 0 N–H and O–H groups in total. The Labute approximate surface area is 129 Å². The Morgan fingerprint density at radius 2 is 1.35 bits per heavy atom. The Morgan fingerprint density at radius 3 is 2.00 bits per heavy atom. The van der Waals surface area contributed by atoms with Crippen LogP contribution < -0.4 is 0 Å². The van der Waals surface area contributed by atoms with Gasteiger partial charge in [-0.25, -0.2) is 0 Å². The summed E-state index contributed by atoms with van der Waals surface area (Å²) < 4.78 is 0. The van der Waals surface area contributed by atoms with Gasteiger partial charge in [0.2, 0.25) is 0 Å². The molecular formula is C19H30S. The molecule has 0 bridgehead atoms. The monoisotopic (exact) mass is 290 g/mol. The molecule has 1 aromatic rings. The Kier molecular flexibility index (Phi) is 7.57. The molecule has 1 aliphatic heterocycles. The lowest BCUT2D eigenvalue weighted by molar-refractivity contribution is 0.549. The minimum Gasteiger partial charge on any atom is -0.0874 e. The summed E-state index contributed by atoms with van der Waals surface area (Å²) in [6.45, 7) is 2.29. The van der Waals surface area contributed by atoms with E-state index in [-0.39, 0.29) is 0 Å². The molecular weight excluding hydrogens is 260 g/mol. The summed E-state index contributed by atoms with van der Waals surface area (Å²) in [5.74, 6) is 0. The molecule has 1 heterocycles. The van der Waals surface area contributed by atoms with E-state index < -0.39 is 0 Å². The van der Waals surface area contributed by atoms with Crippen molar-refractivity contribution in [1.29, 1.82) is 0 Å². The number of unbranched alkanes of at least 4 members (excludes halogenated alkanes) is 10. The maximum Gasteiger partial charge on any atom is 0.0294 e. The normalized spacial score (nSPS) is 12.4. The zero-order valence-electron chi connectivity index (χ0n) is 13.1. The molecule has 1 aliphatic rings. The fourth-order valence-corrected chi connectivity index (χ4v) is 3.74. The van der Waals surface area contributed by atoms with E-state index >= 15 is 0 Å². The van der Waals surface area contributed by atoms with Crippen molar-refractivity contribution < 1.29 is 0 Å². The Morgan fingerprint density at radius 1 is 0.750 bits per heavy atom. The molecule has 1 heteroatoms. The lowest BCUT2D eigenvalue weighted by atomic mass is 10.0. The maximum absolute atomic E-state index is 2.31. The summed E-state index contributed by atoms with van der Waals surface area (Å²) in [6, 6.07) is 6.77. The molecule has 0 amide bonds. The van der Waals surface area contributed by atoms with Crippen molar-refractivity contribution >= 4 is 11.8 Å². The first-order valence-corrected chi connectivity index (χ1v) is 9.53. The van der Waals surface area contributed by atoms with Crippen LogP contribution in [0.3, 0.4) is 0 Å². The predicted octanol–water partition coefficient (Wildman–Crippen LogP) is 7.00. The summed E-state index contributed by atoms with van der Waals surface area (Å²) in [6.07, 6.45) is 17.1. The molecule has 112 valence electrons. The molecule has 0 atom stereocenters. The molecule has 20 heavy (non-hydrogen) atoms. The quantitative estimate of drug-likeness (QED) is 0.299. The van der Waals surface area contributed by atoms with Crippen LogP contribution in [0.2, 0.25) is 0 Å². The SMILES string of the molecule is CCCCCCCCCCCCCc1cccc2c1S2. The lowest BCUT2D eigenvalue weighted by Crippen LogP contribution is -1.86. The van der Waals surface area contributed by atoms with Gasteiger partial charge in [-0.2, -0.15) is 0 Å². The average Bonchev–Trinajstić information content (AvgIpc) is 3.25. The molecule has 1 aromatic carbocycles. The molecule has 0 aliphatic carbocycles. The summed E-state index contributed by atoms with van der Waals surface area (Å²) in [7, 11) is 0. The van der Waals surface area contributed by atoms with Crippen molar-refractivity contribution in [2.24, 2.45) is 0 Å². The van der Waals surface area contributed by atoms with Crippen LogP contribution in [0, 0.1) is 0 Å². The first kappa shape index (κ1) is 15.9. The first-order valence-electron chi connectivity index (χ1n) is 8.71. The second kappa shape index (κ2) is 9.50. The van der Waals surface area contributed by atoms with Gasteiger partial charge in [0.1, 0.15) is 0 Å². The van der Waals surface area contributed by atoms with Crippen LogP contribution in [0.15, 0.2) is 28.0 Å². The summed E-state index contributed by atoms with van der Waals surface area (Å²) in [5.41, 5.74) is 1.60. The number of benzene rings is 1. The number of aryl methyl sites for hydroxylation is 1. The number of hydrogen-bond donors (Lipinski definition) is 0. The van der Waals surface area contributed by atoms with Crippen LogP contribution in [0.1, 0.15) is 83.1 Å². The van der Waals surface area contributed by atoms with Crippen LogP contribution in [0.4, 0.5) is 0 Å². The molecule has 0 radical (unpaired) electrons. The minimum atomic E-state index is 1.30. The van der Waals surface area contributed by atoms with Gasteiger partial charge in [-0.3, -0.25) is 0 Å². The lowest BCUT2D eigenvalue weighted by Gasteiger charge is -2.03. The van der Waals surface area contributed by atoms with Crippen LogP contribution >= 0.6 is 11.8 Å². The predicted molar refractivity (Wildman–Crippen MR) is 90.7 cm³/mol. The van der Waals surface area contributed by atoms with E-state index in [1.807, 2.05) is 11.8 Å². The van der Waals surface area contributed by atoms with E-state index in [1.165, 1.54) is 81.9 Å². The Bertz CT molecular complexity index is 383.